The topological polar surface area (TPSA) is 0 Å². The first-order valence-electron chi connectivity index (χ1n) is 11.9. The van der Waals surface area contributed by atoms with Gasteiger partial charge in [-0.15, -0.1) is 0 Å². The normalized spacial score (nSPS) is 12.9. The molecule has 0 spiro atoms. The van der Waals surface area contributed by atoms with Crippen molar-refractivity contribution in [1.29, 1.82) is 0 Å². The Hall–Kier alpha value is -4.37. The Morgan fingerprint density at radius 2 is 1.03 bits per heavy atom. The number of halogens is 3. The van der Waals surface area contributed by atoms with Gasteiger partial charge in [-0.3, -0.25) is 0 Å². The Morgan fingerprint density at radius 3 is 1.72 bits per heavy atom. The first-order chi connectivity index (χ1) is 17.5. The van der Waals surface area contributed by atoms with Gasteiger partial charge in [0, 0.05) is 0 Å². The van der Waals surface area contributed by atoms with Crippen LogP contribution in [0.25, 0.3) is 76.5 Å². The summed E-state index contributed by atoms with van der Waals surface area (Å²) in [6.45, 7) is 0. The molecule has 1 aliphatic rings. The van der Waals surface area contributed by atoms with Crippen molar-refractivity contribution in [3.8, 4) is 33.4 Å². The van der Waals surface area contributed by atoms with Crippen molar-refractivity contribution in [2.75, 3.05) is 0 Å². The maximum absolute atomic E-state index is 13.2. The van der Waals surface area contributed by atoms with Gasteiger partial charge in [0.05, 0.1) is 5.56 Å². The van der Waals surface area contributed by atoms with Crippen LogP contribution in [0.15, 0.2) is 103 Å². The summed E-state index contributed by atoms with van der Waals surface area (Å²) in [6, 6.07) is 33.4. The van der Waals surface area contributed by atoms with Crippen LogP contribution in [0.4, 0.5) is 13.2 Å². The molecule has 3 heteroatoms. The third-order valence-electron chi connectivity index (χ3n) is 7.80. The Labute approximate surface area is 204 Å². The number of rotatable bonds is 1. The van der Waals surface area contributed by atoms with Gasteiger partial charge in [-0.1, -0.05) is 91.0 Å². The molecule has 170 valence electrons. The van der Waals surface area contributed by atoms with Crippen molar-refractivity contribution in [3.63, 3.8) is 0 Å². The molecule has 8 rings (SSSR count). The lowest BCUT2D eigenvalue weighted by molar-refractivity contribution is -0.137. The minimum atomic E-state index is -4.36. The number of alkyl halides is 3. The van der Waals surface area contributed by atoms with E-state index in [4.69, 9.17) is 0 Å². The first-order valence-corrected chi connectivity index (χ1v) is 11.9. The van der Waals surface area contributed by atoms with E-state index in [0.717, 1.165) is 32.7 Å². The summed E-state index contributed by atoms with van der Waals surface area (Å²) in [5, 5.41) is 9.37. The minimum absolute atomic E-state index is 0.633. The van der Waals surface area contributed by atoms with Crippen molar-refractivity contribution < 1.29 is 13.2 Å². The van der Waals surface area contributed by atoms with Gasteiger partial charge >= 0.3 is 6.18 Å². The quantitative estimate of drug-likeness (QED) is 0.165. The Bertz CT molecular complexity index is 1980. The zero-order valence-corrected chi connectivity index (χ0v) is 18.9. The Morgan fingerprint density at radius 1 is 0.389 bits per heavy atom. The molecule has 7 aromatic carbocycles. The molecule has 0 nitrogen and oxygen atoms in total. The highest BCUT2D eigenvalue weighted by Crippen LogP contribution is 2.53. The van der Waals surface area contributed by atoms with Crippen LogP contribution >= 0.6 is 0 Å². The molecule has 1 aliphatic carbocycles. The zero-order valence-electron chi connectivity index (χ0n) is 18.9. The third kappa shape index (κ3) is 2.45. The largest absolute Gasteiger partial charge is 0.416 e. The zero-order chi connectivity index (χ0) is 24.2. The highest BCUT2D eigenvalue weighted by molar-refractivity contribution is 6.38. The molecular weight excluding hydrogens is 453 g/mol. The molecule has 0 unspecified atom stereocenters. The van der Waals surface area contributed by atoms with Gasteiger partial charge in [-0.2, -0.15) is 13.2 Å². The molecule has 0 bridgehead atoms. The van der Waals surface area contributed by atoms with Crippen molar-refractivity contribution >= 4 is 43.1 Å². The fourth-order valence-electron chi connectivity index (χ4n) is 6.29. The molecule has 0 N–H and O–H groups in total. The van der Waals surface area contributed by atoms with Gasteiger partial charge in [-0.25, -0.2) is 0 Å². The summed E-state index contributed by atoms with van der Waals surface area (Å²) in [4.78, 5) is 0. The van der Waals surface area contributed by atoms with E-state index in [1.54, 1.807) is 12.1 Å². The van der Waals surface area contributed by atoms with E-state index in [-0.39, 0.29) is 0 Å². The summed E-state index contributed by atoms with van der Waals surface area (Å²) >= 11 is 0. The van der Waals surface area contributed by atoms with E-state index in [2.05, 4.69) is 72.8 Å². The van der Waals surface area contributed by atoms with Crippen LogP contribution in [0.3, 0.4) is 0 Å². The van der Waals surface area contributed by atoms with Crippen molar-refractivity contribution in [1.82, 2.24) is 0 Å². The monoisotopic (exact) mass is 470 g/mol. The Kier molecular flexibility index (Phi) is 3.67. The average molecular weight is 470 g/mol. The van der Waals surface area contributed by atoms with Crippen LogP contribution in [0.2, 0.25) is 0 Å². The van der Waals surface area contributed by atoms with Gasteiger partial charge in [0.15, 0.2) is 0 Å². The predicted octanol–water partition coefficient (Wildman–Crippen LogP) is 10.1. The molecule has 0 atom stereocenters. The van der Waals surface area contributed by atoms with E-state index in [0.29, 0.717) is 0 Å². The summed E-state index contributed by atoms with van der Waals surface area (Å²) < 4.78 is 39.7. The average Bonchev–Trinajstić information content (AvgIpc) is 3.23. The van der Waals surface area contributed by atoms with E-state index in [1.807, 2.05) is 6.07 Å². The predicted molar refractivity (Wildman–Crippen MR) is 143 cm³/mol. The standard InChI is InChI=1S/C33H17F3/c34-33(35,36)20-11-8-18(9-12-20)21-13-10-19-4-3-7-24-27-15-14-25-22-5-1-2-6-23(22)26-16-17-28(30(21)29(19)24)32(27)31(25)26/h1-17H. The third-order valence-corrected chi connectivity index (χ3v) is 7.80. The molecule has 36 heavy (non-hydrogen) atoms. The second kappa shape index (κ2) is 6.64. The fourth-order valence-corrected chi connectivity index (χ4v) is 6.29. The molecule has 0 heterocycles. The molecule has 0 fully saturated rings. The van der Waals surface area contributed by atoms with Gasteiger partial charge < -0.3 is 0 Å². The van der Waals surface area contributed by atoms with Gasteiger partial charge in [0.1, 0.15) is 0 Å². The molecule has 0 saturated carbocycles. The molecular formula is C33H17F3. The smallest absolute Gasteiger partial charge is 0.166 e. The van der Waals surface area contributed by atoms with Crippen LogP contribution in [0.5, 0.6) is 0 Å². The maximum atomic E-state index is 13.2. The van der Waals surface area contributed by atoms with Crippen LogP contribution in [-0.4, -0.2) is 0 Å². The summed E-state index contributed by atoms with van der Waals surface area (Å²) in [7, 11) is 0. The van der Waals surface area contributed by atoms with Crippen LogP contribution < -0.4 is 0 Å². The Balaban J connectivity index is 1.55. The second-order valence-electron chi connectivity index (χ2n) is 9.58. The fraction of sp³-hybridized carbons (Fsp3) is 0.0303. The van der Waals surface area contributed by atoms with Crippen molar-refractivity contribution in [3.05, 3.63) is 109 Å². The number of hydrogen-bond donors (Lipinski definition) is 0. The lowest BCUT2D eigenvalue weighted by atomic mass is 9.85. The molecule has 0 amide bonds. The molecule has 0 aromatic heterocycles. The van der Waals surface area contributed by atoms with E-state index < -0.39 is 11.7 Å². The van der Waals surface area contributed by atoms with Crippen molar-refractivity contribution in [2.24, 2.45) is 0 Å². The summed E-state index contributed by atoms with van der Waals surface area (Å²) in [5.41, 5.74) is 6.07. The molecule has 0 aliphatic heterocycles. The summed E-state index contributed by atoms with van der Waals surface area (Å²) in [6.07, 6.45) is -4.36. The lowest BCUT2D eigenvalue weighted by Gasteiger charge is -2.18. The summed E-state index contributed by atoms with van der Waals surface area (Å²) in [5.74, 6) is 0. The van der Waals surface area contributed by atoms with E-state index in [1.165, 1.54) is 55.9 Å². The molecule has 7 aromatic rings. The highest BCUT2D eigenvalue weighted by Gasteiger charge is 2.30. The highest BCUT2D eigenvalue weighted by atomic mass is 19.4. The number of hydrogen-bond acceptors (Lipinski definition) is 0. The maximum Gasteiger partial charge on any atom is 0.416 e. The van der Waals surface area contributed by atoms with Crippen LogP contribution in [-0.2, 0) is 6.18 Å². The SMILES string of the molecule is FC(F)(F)c1ccc(-c2ccc3cccc4c5ccc6c7c(ccc(c2c34)c75)-c2ccccc2-6)cc1. The molecule has 0 saturated heterocycles. The van der Waals surface area contributed by atoms with Gasteiger partial charge in [-0.05, 0) is 88.6 Å². The molecule has 0 radical (unpaired) electrons. The van der Waals surface area contributed by atoms with Gasteiger partial charge in [0.25, 0.3) is 0 Å². The van der Waals surface area contributed by atoms with Crippen LogP contribution in [0, 0.1) is 0 Å². The van der Waals surface area contributed by atoms with Crippen molar-refractivity contribution in [2.45, 2.75) is 6.18 Å². The van der Waals surface area contributed by atoms with E-state index >= 15 is 0 Å². The first kappa shape index (κ1) is 19.9. The second-order valence-corrected chi connectivity index (χ2v) is 9.58. The minimum Gasteiger partial charge on any atom is -0.166 e. The lowest BCUT2D eigenvalue weighted by Crippen LogP contribution is -2.04. The van der Waals surface area contributed by atoms with E-state index in [9.17, 15) is 13.2 Å². The van der Waals surface area contributed by atoms with Crippen LogP contribution in [0.1, 0.15) is 5.56 Å². The van der Waals surface area contributed by atoms with Gasteiger partial charge in [0.2, 0.25) is 0 Å². The number of fused-ring (bicyclic) bond motifs is 5. The number of benzene rings is 7.